The van der Waals surface area contributed by atoms with Crippen molar-refractivity contribution in [3.05, 3.63) is 64.1 Å². The minimum absolute atomic E-state index is 0.0955. The molecule has 0 aliphatic rings. The molecule has 0 atom stereocenters. The zero-order valence-corrected chi connectivity index (χ0v) is 13.5. The fourth-order valence-electron chi connectivity index (χ4n) is 1.92. The molecule has 3 nitrogen and oxygen atoms in total. The molecule has 1 amide bonds. The lowest BCUT2D eigenvalue weighted by Gasteiger charge is -2.18. The lowest BCUT2D eigenvalue weighted by Crippen LogP contribution is -2.33. The van der Waals surface area contributed by atoms with E-state index in [4.69, 9.17) is 0 Å². The van der Waals surface area contributed by atoms with E-state index in [1.165, 1.54) is 7.05 Å². The Morgan fingerprint density at radius 2 is 1.57 bits per heavy atom. The number of amides is 1. The predicted molar refractivity (Wildman–Crippen MR) is 83.3 cm³/mol. The van der Waals surface area contributed by atoms with Gasteiger partial charge in [0, 0.05) is 17.1 Å². The van der Waals surface area contributed by atoms with Crippen LogP contribution in [0.4, 0.5) is 18.9 Å². The Hall–Kier alpha value is -2.15. The van der Waals surface area contributed by atoms with E-state index in [1.807, 2.05) is 0 Å². The minimum Gasteiger partial charge on any atom is -0.307 e. The average molecular weight is 386 g/mol. The molecule has 0 heterocycles. The highest BCUT2D eigenvalue weighted by Crippen LogP contribution is 2.29. The van der Waals surface area contributed by atoms with E-state index in [9.17, 15) is 22.8 Å². The number of ketones is 1. The van der Waals surface area contributed by atoms with Gasteiger partial charge in [-0.1, -0.05) is 24.3 Å². The number of carbonyl (C=O) groups is 2. The van der Waals surface area contributed by atoms with Crippen LogP contribution in [0.3, 0.4) is 0 Å². The summed E-state index contributed by atoms with van der Waals surface area (Å²) in [6.45, 7) is 0. The molecule has 2 aromatic rings. The van der Waals surface area contributed by atoms with Crippen LogP contribution in [0.25, 0.3) is 0 Å². The van der Waals surface area contributed by atoms with Gasteiger partial charge >= 0.3 is 6.18 Å². The van der Waals surface area contributed by atoms with Gasteiger partial charge in [-0.15, -0.1) is 0 Å². The van der Waals surface area contributed by atoms with Gasteiger partial charge < -0.3 is 4.90 Å². The molecule has 0 saturated carbocycles. The maximum absolute atomic E-state index is 12.5. The smallest absolute Gasteiger partial charge is 0.307 e. The molecule has 120 valence electrons. The Morgan fingerprint density at radius 1 is 1.00 bits per heavy atom. The molecular weight excluding hydrogens is 375 g/mol. The first-order valence-electron chi connectivity index (χ1n) is 6.46. The maximum atomic E-state index is 12.5. The summed E-state index contributed by atoms with van der Waals surface area (Å²) < 4.78 is 38.1. The van der Waals surface area contributed by atoms with Gasteiger partial charge in [-0.3, -0.25) is 9.59 Å². The van der Waals surface area contributed by atoms with Crippen molar-refractivity contribution in [1.82, 2.24) is 0 Å². The van der Waals surface area contributed by atoms with Gasteiger partial charge in [0.15, 0.2) is 0 Å². The van der Waals surface area contributed by atoms with Gasteiger partial charge in [-0.05, 0) is 40.2 Å². The Balaban J connectivity index is 2.23. The number of likely N-dealkylation sites (N-methyl/N-ethyl adjacent to an activating group) is 1. The van der Waals surface area contributed by atoms with Crippen LogP contribution in [0.2, 0.25) is 0 Å². The molecule has 0 spiro atoms. The van der Waals surface area contributed by atoms with Crippen molar-refractivity contribution in [2.24, 2.45) is 0 Å². The van der Waals surface area contributed by atoms with E-state index in [0.717, 1.165) is 29.2 Å². The van der Waals surface area contributed by atoms with Crippen LogP contribution in [0, 0.1) is 0 Å². The van der Waals surface area contributed by atoms with Crippen LogP contribution in [0.1, 0.15) is 15.9 Å². The molecule has 0 aromatic heterocycles. The van der Waals surface area contributed by atoms with Crippen molar-refractivity contribution in [3.63, 3.8) is 0 Å². The van der Waals surface area contributed by atoms with Crippen LogP contribution in [-0.4, -0.2) is 18.7 Å². The van der Waals surface area contributed by atoms with E-state index in [2.05, 4.69) is 15.9 Å². The van der Waals surface area contributed by atoms with Crippen LogP contribution >= 0.6 is 15.9 Å². The standard InChI is InChI=1S/C16H11BrF3NO2/c1-21(13-5-3-2-4-12(13)17)15(23)14(22)10-6-8-11(9-7-10)16(18,19)20/h2-9H,1H3. The first-order valence-corrected chi connectivity index (χ1v) is 7.25. The Kier molecular flexibility index (Phi) is 4.89. The molecule has 0 fully saturated rings. The Labute approximate surface area is 138 Å². The fourth-order valence-corrected chi connectivity index (χ4v) is 2.47. The first-order chi connectivity index (χ1) is 10.7. The molecule has 0 radical (unpaired) electrons. The van der Waals surface area contributed by atoms with Crippen molar-refractivity contribution in [1.29, 1.82) is 0 Å². The number of nitrogens with zero attached hydrogens (tertiary/aromatic N) is 1. The van der Waals surface area contributed by atoms with Crippen LogP contribution < -0.4 is 4.90 Å². The summed E-state index contributed by atoms with van der Waals surface area (Å²) in [7, 11) is 1.42. The summed E-state index contributed by atoms with van der Waals surface area (Å²) >= 11 is 3.27. The van der Waals surface area contributed by atoms with E-state index < -0.39 is 23.4 Å². The number of halogens is 4. The van der Waals surface area contributed by atoms with Crippen LogP contribution in [0.5, 0.6) is 0 Å². The average Bonchev–Trinajstić information content (AvgIpc) is 2.52. The topological polar surface area (TPSA) is 37.4 Å². The van der Waals surface area contributed by atoms with Gasteiger partial charge in [0.2, 0.25) is 0 Å². The number of carbonyl (C=O) groups excluding carboxylic acids is 2. The van der Waals surface area contributed by atoms with Gasteiger partial charge in [-0.25, -0.2) is 0 Å². The number of alkyl halides is 3. The van der Waals surface area contributed by atoms with Crippen molar-refractivity contribution >= 4 is 33.3 Å². The second-order valence-corrected chi connectivity index (χ2v) is 5.57. The number of hydrogen-bond donors (Lipinski definition) is 0. The summed E-state index contributed by atoms with van der Waals surface area (Å²) in [5.74, 6) is -1.71. The molecule has 2 rings (SSSR count). The monoisotopic (exact) mass is 385 g/mol. The summed E-state index contributed by atoms with van der Waals surface area (Å²) in [5.41, 5.74) is -0.486. The fraction of sp³-hybridized carbons (Fsp3) is 0.125. The third-order valence-electron chi connectivity index (χ3n) is 3.19. The van der Waals surface area contributed by atoms with Gasteiger partial charge in [0.1, 0.15) is 0 Å². The maximum Gasteiger partial charge on any atom is 0.416 e. The molecular formula is C16H11BrF3NO2. The molecule has 0 saturated heterocycles. The van der Waals surface area contributed by atoms with Crippen molar-refractivity contribution in [2.45, 2.75) is 6.18 Å². The Bertz CT molecular complexity index is 742. The van der Waals surface area contributed by atoms with E-state index >= 15 is 0 Å². The molecule has 7 heteroatoms. The number of anilines is 1. The second-order valence-electron chi connectivity index (χ2n) is 4.72. The highest BCUT2D eigenvalue weighted by molar-refractivity contribution is 9.10. The summed E-state index contributed by atoms with van der Waals surface area (Å²) in [4.78, 5) is 25.5. The highest BCUT2D eigenvalue weighted by atomic mass is 79.9. The SMILES string of the molecule is CN(C(=O)C(=O)c1ccc(C(F)(F)F)cc1)c1ccccc1Br. The predicted octanol–water partition coefficient (Wildman–Crippen LogP) is 4.31. The third kappa shape index (κ3) is 3.79. The zero-order valence-electron chi connectivity index (χ0n) is 11.9. The largest absolute Gasteiger partial charge is 0.416 e. The first kappa shape index (κ1) is 17.2. The van der Waals surface area contributed by atoms with Crippen LogP contribution in [0.15, 0.2) is 53.0 Å². The van der Waals surface area contributed by atoms with Gasteiger partial charge in [0.25, 0.3) is 11.7 Å². The second kappa shape index (κ2) is 6.54. The van der Waals surface area contributed by atoms with Crippen molar-refractivity contribution in [3.8, 4) is 0 Å². The van der Waals surface area contributed by atoms with E-state index in [-0.39, 0.29) is 5.56 Å². The zero-order chi connectivity index (χ0) is 17.2. The third-order valence-corrected chi connectivity index (χ3v) is 3.86. The van der Waals surface area contributed by atoms with Crippen LogP contribution in [-0.2, 0) is 11.0 Å². The molecule has 0 aliphatic heterocycles. The minimum atomic E-state index is -4.49. The highest BCUT2D eigenvalue weighted by Gasteiger charge is 2.31. The Morgan fingerprint density at radius 3 is 2.09 bits per heavy atom. The number of rotatable bonds is 3. The summed E-state index contributed by atoms with van der Waals surface area (Å²) in [6, 6.07) is 10.4. The molecule has 2 aromatic carbocycles. The van der Waals surface area contributed by atoms with E-state index in [1.54, 1.807) is 24.3 Å². The molecule has 23 heavy (non-hydrogen) atoms. The summed E-state index contributed by atoms with van der Waals surface area (Å²) in [6.07, 6.45) is -4.49. The number of benzene rings is 2. The lowest BCUT2D eigenvalue weighted by molar-refractivity contribution is -0.137. The number of para-hydroxylation sites is 1. The molecule has 0 N–H and O–H groups in total. The van der Waals surface area contributed by atoms with Gasteiger partial charge in [0.05, 0.1) is 11.3 Å². The molecule has 0 bridgehead atoms. The van der Waals surface area contributed by atoms with Crippen molar-refractivity contribution in [2.75, 3.05) is 11.9 Å². The quantitative estimate of drug-likeness (QED) is 0.582. The summed E-state index contributed by atoms with van der Waals surface area (Å²) in [5, 5.41) is 0. The lowest BCUT2D eigenvalue weighted by atomic mass is 10.1. The number of Topliss-reactive ketones (excluding diaryl/α,β-unsaturated/α-hetero) is 1. The van der Waals surface area contributed by atoms with E-state index in [0.29, 0.717) is 10.2 Å². The normalized spacial score (nSPS) is 11.2. The van der Waals surface area contributed by atoms with Crippen molar-refractivity contribution < 1.29 is 22.8 Å². The van der Waals surface area contributed by atoms with Gasteiger partial charge in [-0.2, -0.15) is 13.2 Å². The number of hydrogen-bond acceptors (Lipinski definition) is 2. The molecule has 0 aliphatic carbocycles. The molecule has 0 unspecified atom stereocenters.